The van der Waals surface area contributed by atoms with Crippen LogP contribution in [0.3, 0.4) is 0 Å². The summed E-state index contributed by atoms with van der Waals surface area (Å²) < 4.78 is 1.43. The van der Waals surface area contributed by atoms with Gasteiger partial charge in [-0.2, -0.15) is 5.10 Å². The molecule has 0 saturated heterocycles. The number of hydrogen-bond donors (Lipinski definition) is 1. The lowest BCUT2D eigenvalue weighted by Gasteiger charge is -2.05. The van der Waals surface area contributed by atoms with E-state index in [4.69, 9.17) is 17.3 Å². The molecule has 0 aromatic carbocycles. The minimum absolute atomic E-state index is 0. The van der Waals surface area contributed by atoms with Gasteiger partial charge in [-0.1, -0.05) is 25.5 Å². The maximum atomic E-state index is 11.4. The molecule has 0 aliphatic rings. The highest BCUT2D eigenvalue weighted by Crippen LogP contribution is 2.25. The Kier molecular flexibility index (Phi) is 10.4. The highest BCUT2D eigenvalue weighted by atomic mass is 35.5. The third kappa shape index (κ3) is 6.78. The summed E-state index contributed by atoms with van der Waals surface area (Å²) in [5.74, 6) is -0.403. The molecule has 0 aliphatic heterocycles. The summed E-state index contributed by atoms with van der Waals surface area (Å²) in [6.07, 6.45) is 4.48. The standard InChI is InChI=1S/C13H15N5O3.C6H6ClN.ClH/c1-2-5-10-12(18(20)21)11(13(14)19)16-17(10)8-9-6-3-4-7-15-9;7-5-6-3-1-2-4-8-6;/h3-4,6-7H,2,5,8H2,1H3,(H2,14,19);1-4H,5H2;1H. The number of aromatic nitrogens is 4. The van der Waals surface area contributed by atoms with E-state index in [0.29, 0.717) is 30.1 Å². The molecule has 160 valence electrons. The molecule has 3 aromatic rings. The fraction of sp³-hybridized carbons (Fsp3) is 0.263. The smallest absolute Gasteiger partial charge is 0.323 e. The predicted molar refractivity (Wildman–Crippen MR) is 116 cm³/mol. The largest absolute Gasteiger partial charge is 0.364 e. The monoisotopic (exact) mass is 452 g/mol. The fourth-order valence-corrected chi connectivity index (χ4v) is 2.74. The van der Waals surface area contributed by atoms with Crippen LogP contribution in [-0.2, 0) is 18.8 Å². The topological polar surface area (TPSA) is 130 Å². The van der Waals surface area contributed by atoms with E-state index in [0.717, 1.165) is 5.69 Å². The molecule has 3 aromatic heterocycles. The molecule has 0 aliphatic carbocycles. The van der Waals surface area contributed by atoms with Gasteiger partial charge in [-0.05, 0) is 30.7 Å². The first-order chi connectivity index (χ1) is 14.0. The zero-order chi connectivity index (χ0) is 21.2. The summed E-state index contributed by atoms with van der Waals surface area (Å²) >= 11 is 5.46. The second-order valence-corrected chi connectivity index (χ2v) is 6.22. The van der Waals surface area contributed by atoms with Crippen LogP contribution in [0.5, 0.6) is 0 Å². The summed E-state index contributed by atoms with van der Waals surface area (Å²) in [6.45, 7) is 2.15. The molecule has 1 amide bonds. The first-order valence-electron chi connectivity index (χ1n) is 8.87. The molecule has 0 saturated carbocycles. The van der Waals surface area contributed by atoms with Gasteiger partial charge in [0.05, 0.1) is 28.7 Å². The molecular formula is C19H22Cl2N6O3. The number of nitro groups is 1. The van der Waals surface area contributed by atoms with Crippen molar-refractivity contribution in [3.05, 3.63) is 81.7 Å². The SMILES string of the molecule is CCCc1c([N+](=O)[O-])c(C(N)=O)nn1Cc1ccccn1.Cl.ClCc1ccccn1. The summed E-state index contributed by atoms with van der Waals surface area (Å²) in [5.41, 5.74) is 6.59. The molecule has 0 bridgehead atoms. The van der Waals surface area contributed by atoms with Crippen LogP contribution in [0.2, 0.25) is 0 Å². The van der Waals surface area contributed by atoms with E-state index in [9.17, 15) is 14.9 Å². The van der Waals surface area contributed by atoms with Crippen molar-refractivity contribution in [3.8, 4) is 0 Å². The van der Waals surface area contributed by atoms with Crippen LogP contribution in [0.15, 0.2) is 48.8 Å². The average molecular weight is 453 g/mol. The summed E-state index contributed by atoms with van der Waals surface area (Å²) in [5, 5.41) is 15.2. The minimum atomic E-state index is -0.904. The van der Waals surface area contributed by atoms with Crippen molar-refractivity contribution in [1.82, 2.24) is 19.7 Å². The number of nitrogens with two attached hydrogens (primary N) is 1. The maximum absolute atomic E-state index is 11.4. The third-order valence-corrected chi connectivity index (χ3v) is 4.11. The molecule has 3 rings (SSSR count). The number of pyridine rings is 2. The van der Waals surface area contributed by atoms with Gasteiger partial charge in [-0.15, -0.1) is 24.0 Å². The molecule has 0 spiro atoms. The average Bonchev–Trinajstić information content (AvgIpc) is 3.09. The quantitative estimate of drug-likeness (QED) is 0.331. The minimum Gasteiger partial charge on any atom is -0.364 e. The zero-order valence-corrected chi connectivity index (χ0v) is 17.8. The Hall–Kier alpha value is -3.04. The molecular weight excluding hydrogens is 431 g/mol. The van der Waals surface area contributed by atoms with Crippen molar-refractivity contribution >= 4 is 35.6 Å². The van der Waals surface area contributed by atoms with E-state index >= 15 is 0 Å². The van der Waals surface area contributed by atoms with Crippen molar-refractivity contribution in [3.63, 3.8) is 0 Å². The van der Waals surface area contributed by atoms with E-state index in [1.807, 2.05) is 31.2 Å². The summed E-state index contributed by atoms with van der Waals surface area (Å²) in [6, 6.07) is 11.1. The Labute approximate surface area is 184 Å². The Morgan fingerprint density at radius 1 is 1.17 bits per heavy atom. The van der Waals surface area contributed by atoms with Gasteiger partial charge in [-0.25, -0.2) is 0 Å². The van der Waals surface area contributed by atoms with Crippen LogP contribution < -0.4 is 5.73 Å². The van der Waals surface area contributed by atoms with Crippen LogP contribution in [-0.4, -0.2) is 30.6 Å². The first-order valence-corrected chi connectivity index (χ1v) is 9.41. The van der Waals surface area contributed by atoms with Gasteiger partial charge in [0, 0.05) is 12.4 Å². The molecule has 3 heterocycles. The van der Waals surface area contributed by atoms with Gasteiger partial charge in [0.1, 0.15) is 5.69 Å². The fourth-order valence-electron chi connectivity index (χ4n) is 2.58. The van der Waals surface area contributed by atoms with Gasteiger partial charge < -0.3 is 5.73 Å². The third-order valence-electron chi connectivity index (χ3n) is 3.83. The van der Waals surface area contributed by atoms with Crippen molar-refractivity contribution in [2.24, 2.45) is 5.73 Å². The van der Waals surface area contributed by atoms with Crippen LogP contribution >= 0.6 is 24.0 Å². The Morgan fingerprint density at radius 2 is 1.77 bits per heavy atom. The molecule has 11 heteroatoms. The van der Waals surface area contributed by atoms with Gasteiger partial charge in [0.2, 0.25) is 5.69 Å². The summed E-state index contributed by atoms with van der Waals surface area (Å²) in [7, 11) is 0. The number of halogens is 2. The van der Waals surface area contributed by atoms with Crippen molar-refractivity contribution < 1.29 is 9.72 Å². The van der Waals surface area contributed by atoms with Gasteiger partial charge in [0.25, 0.3) is 5.91 Å². The van der Waals surface area contributed by atoms with Gasteiger partial charge in [0.15, 0.2) is 0 Å². The number of rotatable bonds is 7. The van der Waals surface area contributed by atoms with E-state index in [1.165, 1.54) is 4.68 Å². The Morgan fingerprint density at radius 3 is 2.17 bits per heavy atom. The lowest BCUT2D eigenvalue weighted by molar-refractivity contribution is -0.385. The number of primary amides is 1. The van der Waals surface area contributed by atoms with E-state index in [2.05, 4.69) is 15.1 Å². The highest BCUT2D eigenvalue weighted by Gasteiger charge is 2.30. The number of carbonyl (C=O) groups excluding carboxylic acids is 1. The zero-order valence-electron chi connectivity index (χ0n) is 16.3. The van der Waals surface area contributed by atoms with Crippen molar-refractivity contribution in [2.75, 3.05) is 0 Å². The molecule has 0 radical (unpaired) electrons. The van der Waals surface area contributed by atoms with Crippen LogP contribution in [0.1, 0.15) is 40.9 Å². The molecule has 0 atom stereocenters. The van der Waals surface area contributed by atoms with Crippen molar-refractivity contribution in [2.45, 2.75) is 32.2 Å². The normalized spacial score (nSPS) is 9.80. The lowest BCUT2D eigenvalue weighted by atomic mass is 10.2. The van der Waals surface area contributed by atoms with Crippen LogP contribution in [0, 0.1) is 10.1 Å². The van der Waals surface area contributed by atoms with Gasteiger partial charge in [-0.3, -0.25) is 29.6 Å². The van der Waals surface area contributed by atoms with Gasteiger partial charge >= 0.3 is 5.69 Å². The number of carbonyl (C=O) groups is 1. The molecule has 0 unspecified atom stereocenters. The van der Waals surface area contributed by atoms with Crippen LogP contribution in [0.25, 0.3) is 0 Å². The van der Waals surface area contributed by atoms with E-state index in [-0.39, 0.29) is 30.3 Å². The number of amides is 1. The number of alkyl halides is 1. The second kappa shape index (κ2) is 12.5. The number of nitrogens with zero attached hydrogens (tertiary/aromatic N) is 5. The summed E-state index contributed by atoms with van der Waals surface area (Å²) in [4.78, 5) is 30.1. The highest BCUT2D eigenvalue weighted by molar-refractivity contribution is 6.16. The Balaban J connectivity index is 0.000000421. The molecule has 0 fully saturated rings. The number of hydrogen-bond acceptors (Lipinski definition) is 6. The van der Waals surface area contributed by atoms with Crippen molar-refractivity contribution in [1.29, 1.82) is 0 Å². The Bertz CT molecular complexity index is 952. The lowest BCUT2D eigenvalue weighted by Crippen LogP contribution is -2.14. The molecule has 9 nitrogen and oxygen atoms in total. The first kappa shape index (κ1) is 25.0. The maximum Gasteiger partial charge on any atom is 0.323 e. The van der Waals surface area contributed by atoms with E-state index in [1.54, 1.807) is 24.5 Å². The molecule has 30 heavy (non-hydrogen) atoms. The van der Waals surface area contributed by atoms with E-state index < -0.39 is 10.8 Å². The predicted octanol–water partition coefficient (Wildman–Crippen LogP) is 3.53. The second-order valence-electron chi connectivity index (χ2n) is 5.95. The molecule has 2 N–H and O–H groups in total. The van der Waals surface area contributed by atoms with Crippen LogP contribution in [0.4, 0.5) is 5.69 Å².